The van der Waals surface area contributed by atoms with Gasteiger partial charge in [-0.15, -0.1) is 23.5 Å². The molecule has 1 aliphatic rings. The van der Waals surface area contributed by atoms with Crippen LogP contribution in [0.3, 0.4) is 0 Å². The third kappa shape index (κ3) is 6.91. The molecular formula is C26H37N5S2. The van der Waals surface area contributed by atoms with Gasteiger partial charge in [0.05, 0.1) is 11.6 Å². The second-order valence-electron chi connectivity index (χ2n) is 8.86. The van der Waals surface area contributed by atoms with Crippen LogP contribution in [0.4, 0.5) is 5.69 Å². The van der Waals surface area contributed by atoms with Gasteiger partial charge in [0.15, 0.2) is 0 Å². The number of nitriles is 1. The molecule has 2 aromatic carbocycles. The molecule has 0 spiro atoms. The number of benzene rings is 2. The van der Waals surface area contributed by atoms with E-state index in [0.717, 1.165) is 56.8 Å². The van der Waals surface area contributed by atoms with E-state index in [-0.39, 0.29) is 0 Å². The molecule has 0 amide bonds. The Bertz CT molecular complexity index is 956. The van der Waals surface area contributed by atoms with Crippen LogP contribution in [0.15, 0.2) is 46.2 Å². The second-order valence-corrected chi connectivity index (χ2v) is 10.5. The summed E-state index contributed by atoms with van der Waals surface area (Å²) < 4.78 is 0. The van der Waals surface area contributed by atoms with Crippen LogP contribution in [0.25, 0.3) is 0 Å². The summed E-state index contributed by atoms with van der Waals surface area (Å²) in [5.74, 6) is 0. The Morgan fingerprint density at radius 1 is 1.09 bits per heavy atom. The standard InChI is InChI=1S/C26H37N5S2/c1-29(2)13-14-30(3)23-10-9-21(17-27)22(16-23)19-31-12-11-28-18-24(31)15-20-7-6-8-25(32-4)26(20)33-5/h6-10,16,24,28H,11-15,18-19H2,1-5H3. The van der Waals surface area contributed by atoms with Crippen molar-refractivity contribution in [1.82, 2.24) is 15.1 Å². The number of piperazine rings is 1. The van der Waals surface area contributed by atoms with Crippen LogP contribution < -0.4 is 10.2 Å². The molecule has 0 aliphatic carbocycles. The van der Waals surface area contributed by atoms with E-state index >= 15 is 0 Å². The molecule has 0 bridgehead atoms. The first-order valence-corrected chi connectivity index (χ1v) is 13.9. The highest BCUT2D eigenvalue weighted by atomic mass is 32.2. The monoisotopic (exact) mass is 483 g/mol. The first-order valence-electron chi connectivity index (χ1n) is 11.5. The van der Waals surface area contributed by atoms with Crippen LogP contribution in [0, 0.1) is 11.3 Å². The van der Waals surface area contributed by atoms with Crippen molar-refractivity contribution in [3.63, 3.8) is 0 Å². The summed E-state index contributed by atoms with van der Waals surface area (Å²) in [4.78, 5) is 9.79. The second kappa shape index (κ2) is 12.7. The van der Waals surface area contributed by atoms with Gasteiger partial charge in [-0.2, -0.15) is 5.26 Å². The third-order valence-electron chi connectivity index (χ3n) is 6.32. The van der Waals surface area contributed by atoms with Crippen molar-refractivity contribution in [3.05, 3.63) is 53.1 Å². The molecule has 1 unspecified atom stereocenters. The van der Waals surface area contributed by atoms with Crippen molar-refractivity contribution in [2.24, 2.45) is 0 Å². The van der Waals surface area contributed by atoms with Gasteiger partial charge in [-0.25, -0.2) is 0 Å². The molecule has 1 heterocycles. The quantitative estimate of drug-likeness (QED) is 0.512. The molecule has 1 N–H and O–H groups in total. The molecule has 1 aliphatic heterocycles. The van der Waals surface area contributed by atoms with Crippen molar-refractivity contribution in [1.29, 1.82) is 5.26 Å². The van der Waals surface area contributed by atoms with E-state index in [1.165, 1.54) is 21.0 Å². The lowest BCUT2D eigenvalue weighted by molar-refractivity contribution is 0.151. The normalized spacial score (nSPS) is 16.7. The molecule has 0 radical (unpaired) electrons. The maximum Gasteiger partial charge on any atom is 0.0995 e. The summed E-state index contributed by atoms with van der Waals surface area (Å²) in [7, 11) is 6.32. The summed E-state index contributed by atoms with van der Waals surface area (Å²) in [5.41, 5.74) is 4.51. The molecule has 3 rings (SSSR count). The van der Waals surface area contributed by atoms with Crippen molar-refractivity contribution in [2.75, 3.05) is 71.3 Å². The lowest BCUT2D eigenvalue weighted by Crippen LogP contribution is -2.51. The average Bonchev–Trinajstić information content (AvgIpc) is 2.83. The van der Waals surface area contributed by atoms with E-state index in [2.05, 4.69) is 90.1 Å². The maximum absolute atomic E-state index is 9.77. The summed E-state index contributed by atoms with van der Waals surface area (Å²) in [6, 6.07) is 15.8. The Kier molecular flexibility index (Phi) is 9.96. The van der Waals surface area contributed by atoms with E-state index in [1.54, 1.807) is 0 Å². The number of rotatable bonds is 10. The van der Waals surface area contributed by atoms with Gasteiger partial charge in [-0.05, 0) is 68.4 Å². The summed E-state index contributed by atoms with van der Waals surface area (Å²) in [5, 5.41) is 13.4. The van der Waals surface area contributed by atoms with Crippen LogP contribution in [0.1, 0.15) is 16.7 Å². The molecule has 1 fully saturated rings. The Balaban J connectivity index is 1.81. The Labute approximate surface area is 208 Å². The van der Waals surface area contributed by atoms with Gasteiger partial charge in [0.2, 0.25) is 0 Å². The molecule has 5 nitrogen and oxygen atoms in total. The maximum atomic E-state index is 9.77. The fourth-order valence-corrected chi connectivity index (χ4v) is 6.05. The van der Waals surface area contributed by atoms with Gasteiger partial charge in [0.1, 0.15) is 0 Å². The Hall–Kier alpha value is -1.69. The van der Waals surface area contributed by atoms with E-state index < -0.39 is 0 Å². The number of nitrogens with zero attached hydrogens (tertiary/aromatic N) is 4. The lowest BCUT2D eigenvalue weighted by Gasteiger charge is -2.37. The van der Waals surface area contributed by atoms with Crippen molar-refractivity contribution < 1.29 is 0 Å². The third-order valence-corrected chi connectivity index (χ3v) is 8.12. The zero-order chi connectivity index (χ0) is 23.8. The van der Waals surface area contributed by atoms with Crippen LogP contribution in [0.5, 0.6) is 0 Å². The number of hydrogen-bond acceptors (Lipinski definition) is 7. The van der Waals surface area contributed by atoms with Crippen LogP contribution >= 0.6 is 23.5 Å². The molecule has 33 heavy (non-hydrogen) atoms. The van der Waals surface area contributed by atoms with Crippen molar-refractivity contribution in [2.45, 2.75) is 28.8 Å². The molecule has 1 atom stereocenters. The predicted molar refractivity (Wildman–Crippen MR) is 144 cm³/mol. The van der Waals surface area contributed by atoms with Gasteiger partial charge in [-0.3, -0.25) is 4.90 Å². The average molecular weight is 484 g/mol. The fourth-order valence-electron chi connectivity index (χ4n) is 4.34. The highest BCUT2D eigenvalue weighted by molar-refractivity contribution is 8.01. The van der Waals surface area contributed by atoms with Crippen LogP contribution in [-0.2, 0) is 13.0 Å². The minimum Gasteiger partial charge on any atom is -0.373 e. The minimum absolute atomic E-state index is 0.406. The highest BCUT2D eigenvalue weighted by Crippen LogP contribution is 2.33. The van der Waals surface area contributed by atoms with Crippen molar-refractivity contribution >= 4 is 29.2 Å². The van der Waals surface area contributed by atoms with Crippen LogP contribution in [-0.4, -0.2) is 82.2 Å². The Morgan fingerprint density at radius 2 is 1.91 bits per heavy atom. The summed E-state index contributed by atoms with van der Waals surface area (Å²) in [6.45, 7) is 5.72. The number of anilines is 1. The SMILES string of the molecule is CSc1cccc(CC2CNCCN2Cc2cc(N(C)CCN(C)C)ccc2C#N)c1SC. The number of hydrogen-bond donors (Lipinski definition) is 1. The zero-order valence-corrected chi connectivity index (χ0v) is 22.2. The zero-order valence-electron chi connectivity index (χ0n) is 20.6. The van der Waals surface area contributed by atoms with E-state index in [9.17, 15) is 5.26 Å². The fraction of sp³-hybridized carbons (Fsp3) is 0.500. The molecular weight excluding hydrogens is 446 g/mol. The molecule has 7 heteroatoms. The smallest absolute Gasteiger partial charge is 0.0995 e. The molecule has 1 saturated heterocycles. The molecule has 2 aromatic rings. The van der Waals surface area contributed by atoms with Gasteiger partial charge in [-0.1, -0.05) is 12.1 Å². The highest BCUT2D eigenvalue weighted by Gasteiger charge is 2.25. The van der Waals surface area contributed by atoms with Crippen molar-refractivity contribution in [3.8, 4) is 6.07 Å². The topological polar surface area (TPSA) is 45.5 Å². The molecule has 178 valence electrons. The summed E-state index contributed by atoms with van der Waals surface area (Å²) in [6.07, 6.45) is 5.34. The first kappa shape index (κ1) is 25.9. The number of thioether (sulfide) groups is 2. The van der Waals surface area contributed by atoms with Gasteiger partial charge < -0.3 is 15.1 Å². The van der Waals surface area contributed by atoms with E-state index in [1.807, 2.05) is 29.6 Å². The molecule has 0 aromatic heterocycles. The minimum atomic E-state index is 0.406. The largest absolute Gasteiger partial charge is 0.373 e. The van der Waals surface area contributed by atoms with Gasteiger partial charge in [0, 0.05) is 67.8 Å². The number of nitrogens with one attached hydrogen (secondary N) is 1. The number of likely N-dealkylation sites (N-methyl/N-ethyl adjacent to an activating group) is 2. The lowest BCUT2D eigenvalue weighted by atomic mass is 10.0. The van der Waals surface area contributed by atoms with E-state index in [0.29, 0.717) is 6.04 Å². The van der Waals surface area contributed by atoms with Crippen LogP contribution in [0.2, 0.25) is 0 Å². The molecule has 0 saturated carbocycles. The van der Waals surface area contributed by atoms with Gasteiger partial charge in [0.25, 0.3) is 0 Å². The Morgan fingerprint density at radius 3 is 2.61 bits per heavy atom. The first-order chi connectivity index (χ1) is 16.0. The van der Waals surface area contributed by atoms with Gasteiger partial charge >= 0.3 is 0 Å². The summed E-state index contributed by atoms with van der Waals surface area (Å²) >= 11 is 3.67. The van der Waals surface area contributed by atoms with E-state index in [4.69, 9.17) is 0 Å². The predicted octanol–water partition coefficient (Wildman–Crippen LogP) is 4.02.